The molecule has 2 rings (SSSR count). The Morgan fingerprint density at radius 1 is 1.14 bits per heavy atom. The minimum absolute atomic E-state index is 0.0199. The molecule has 7 heteroatoms. The fraction of sp³-hybridized carbons (Fsp3) is 0.133. The van der Waals surface area contributed by atoms with E-state index in [1.54, 1.807) is 30.3 Å². The van der Waals surface area contributed by atoms with Gasteiger partial charge in [-0.1, -0.05) is 18.2 Å². The van der Waals surface area contributed by atoms with E-state index in [4.69, 9.17) is 0 Å². The van der Waals surface area contributed by atoms with Crippen LogP contribution in [0.5, 0.6) is 0 Å². The molecule has 2 N–H and O–H groups in total. The largest absolute Gasteiger partial charge is 0.378 e. The number of hydrogen-bond donors (Lipinski definition) is 2. The number of hydrogen-bond acceptors (Lipinski definition) is 4. The first-order valence-electron chi connectivity index (χ1n) is 6.59. The van der Waals surface area contributed by atoms with Gasteiger partial charge in [0.2, 0.25) is 0 Å². The van der Waals surface area contributed by atoms with Crippen LogP contribution in [0.25, 0.3) is 0 Å². The third-order valence-corrected chi connectivity index (χ3v) is 3.58. The maximum Gasteiger partial charge on any atom is 0.292 e. The third-order valence-electron chi connectivity index (χ3n) is 2.91. The Morgan fingerprint density at radius 2 is 1.91 bits per heavy atom. The van der Waals surface area contributed by atoms with E-state index in [2.05, 4.69) is 33.2 Å². The highest BCUT2D eigenvalue weighted by molar-refractivity contribution is 14.1. The number of para-hydroxylation sites is 2. The molecule has 114 valence electrons. The van der Waals surface area contributed by atoms with Crippen molar-refractivity contribution in [3.05, 3.63) is 67.8 Å². The van der Waals surface area contributed by atoms with E-state index in [0.717, 1.165) is 3.57 Å². The van der Waals surface area contributed by atoms with Crippen LogP contribution in [-0.2, 0) is 0 Å². The van der Waals surface area contributed by atoms with Crippen LogP contribution in [0.3, 0.4) is 0 Å². The highest BCUT2D eigenvalue weighted by Crippen LogP contribution is 2.22. The Balaban J connectivity index is 1.85. The summed E-state index contributed by atoms with van der Waals surface area (Å²) >= 11 is 2.15. The van der Waals surface area contributed by atoms with Gasteiger partial charge in [0.25, 0.3) is 11.6 Å². The van der Waals surface area contributed by atoms with Crippen LogP contribution in [0.4, 0.5) is 11.4 Å². The van der Waals surface area contributed by atoms with Crippen molar-refractivity contribution in [2.45, 2.75) is 0 Å². The Labute approximate surface area is 141 Å². The van der Waals surface area contributed by atoms with Gasteiger partial charge in [-0.05, 0) is 46.9 Å². The average Bonchev–Trinajstić information content (AvgIpc) is 2.51. The van der Waals surface area contributed by atoms with Crippen molar-refractivity contribution in [1.82, 2.24) is 5.32 Å². The molecule has 22 heavy (non-hydrogen) atoms. The molecule has 2 aromatic carbocycles. The summed E-state index contributed by atoms with van der Waals surface area (Å²) < 4.78 is 0.989. The van der Waals surface area contributed by atoms with Gasteiger partial charge in [0.1, 0.15) is 5.69 Å². The molecule has 0 saturated carbocycles. The number of amides is 1. The number of nitro groups is 1. The van der Waals surface area contributed by atoms with Gasteiger partial charge in [0.15, 0.2) is 0 Å². The number of nitrogens with one attached hydrogen (secondary N) is 2. The lowest BCUT2D eigenvalue weighted by atomic mass is 10.2. The predicted molar refractivity (Wildman–Crippen MR) is 93.1 cm³/mol. The van der Waals surface area contributed by atoms with Crippen molar-refractivity contribution in [2.24, 2.45) is 0 Å². The Morgan fingerprint density at radius 3 is 2.64 bits per heavy atom. The van der Waals surface area contributed by atoms with E-state index in [1.807, 2.05) is 12.1 Å². The molecule has 0 aliphatic carbocycles. The topological polar surface area (TPSA) is 84.3 Å². The summed E-state index contributed by atoms with van der Waals surface area (Å²) in [5, 5.41) is 16.6. The van der Waals surface area contributed by atoms with Crippen molar-refractivity contribution in [3.8, 4) is 0 Å². The van der Waals surface area contributed by atoms with Gasteiger partial charge in [-0.2, -0.15) is 0 Å². The molecular weight excluding hydrogens is 397 g/mol. The summed E-state index contributed by atoms with van der Waals surface area (Å²) in [7, 11) is 0. The lowest BCUT2D eigenvalue weighted by Gasteiger charge is -2.08. The number of rotatable bonds is 6. The molecule has 0 aliphatic rings. The molecule has 0 radical (unpaired) electrons. The van der Waals surface area contributed by atoms with Crippen LogP contribution in [0.15, 0.2) is 48.5 Å². The quantitative estimate of drug-likeness (QED) is 0.331. The maximum absolute atomic E-state index is 11.9. The summed E-state index contributed by atoms with van der Waals surface area (Å²) in [5.41, 5.74) is 1.06. The maximum atomic E-state index is 11.9. The van der Waals surface area contributed by atoms with Gasteiger partial charge < -0.3 is 10.6 Å². The Hall–Kier alpha value is -2.16. The second kappa shape index (κ2) is 7.74. The van der Waals surface area contributed by atoms with E-state index in [9.17, 15) is 14.9 Å². The number of carbonyl (C=O) groups is 1. The number of halogens is 1. The molecule has 0 spiro atoms. The molecule has 0 aliphatic heterocycles. The second-order valence-corrected chi connectivity index (χ2v) is 5.71. The minimum Gasteiger partial charge on any atom is -0.378 e. The number of carbonyl (C=O) groups excluding carboxylic acids is 1. The summed E-state index contributed by atoms with van der Waals surface area (Å²) in [6, 6.07) is 13.7. The first-order chi connectivity index (χ1) is 10.6. The monoisotopic (exact) mass is 411 g/mol. The smallest absolute Gasteiger partial charge is 0.292 e. The van der Waals surface area contributed by atoms with E-state index < -0.39 is 4.92 Å². The zero-order valence-electron chi connectivity index (χ0n) is 11.6. The first kappa shape index (κ1) is 16.2. The highest BCUT2D eigenvalue weighted by Gasteiger charge is 2.11. The predicted octanol–water partition coefficient (Wildman–Crippen LogP) is 3.04. The van der Waals surface area contributed by atoms with Crippen LogP contribution in [-0.4, -0.2) is 23.9 Å². The van der Waals surface area contributed by atoms with Gasteiger partial charge in [0.05, 0.1) is 4.92 Å². The van der Waals surface area contributed by atoms with Crippen molar-refractivity contribution in [1.29, 1.82) is 0 Å². The van der Waals surface area contributed by atoms with Crippen LogP contribution in [0.1, 0.15) is 10.4 Å². The molecule has 0 unspecified atom stereocenters. The van der Waals surface area contributed by atoms with Crippen LogP contribution in [0, 0.1) is 13.7 Å². The first-order valence-corrected chi connectivity index (χ1v) is 7.67. The van der Waals surface area contributed by atoms with Crippen molar-refractivity contribution >= 4 is 39.9 Å². The third kappa shape index (κ3) is 4.42. The summed E-state index contributed by atoms with van der Waals surface area (Å²) in [6.07, 6.45) is 0. The highest BCUT2D eigenvalue weighted by atomic mass is 127. The number of anilines is 1. The molecule has 0 atom stereocenters. The minimum atomic E-state index is -0.438. The molecule has 1 amide bonds. The number of benzene rings is 2. The molecule has 0 aromatic heterocycles. The zero-order valence-corrected chi connectivity index (χ0v) is 13.7. The van der Waals surface area contributed by atoms with E-state index in [0.29, 0.717) is 24.3 Å². The number of nitrogens with zero attached hydrogens (tertiary/aromatic N) is 1. The molecule has 0 saturated heterocycles. The van der Waals surface area contributed by atoms with E-state index in [-0.39, 0.29) is 11.6 Å². The van der Waals surface area contributed by atoms with E-state index in [1.165, 1.54) is 6.07 Å². The summed E-state index contributed by atoms with van der Waals surface area (Å²) in [5.74, 6) is -0.164. The number of nitro benzene ring substituents is 1. The van der Waals surface area contributed by atoms with Crippen LogP contribution >= 0.6 is 22.6 Å². The fourth-order valence-electron chi connectivity index (χ4n) is 1.89. The molecule has 2 aromatic rings. The molecule has 0 bridgehead atoms. The summed E-state index contributed by atoms with van der Waals surface area (Å²) in [4.78, 5) is 22.4. The molecule has 6 nitrogen and oxygen atoms in total. The van der Waals surface area contributed by atoms with Gasteiger partial charge in [0, 0.05) is 28.3 Å². The normalized spacial score (nSPS) is 10.0. The zero-order chi connectivity index (χ0) is 15.9. The molecular formula is C15H14IN3O3. The average molecular weight is 411 g/mol. The van der Waals surface area contributed by atoms with Crippen molar-refractivity contribution < 1.29 is 9.72 Å². The molecule has 0 fully saturated rings. The standard InChI is InChI=1S/C15H14IN3O3/c16-12-5-3-4-11(10-12)15(20)18-9-8-17-13-6-1-2-7-14(13)19(21)22/h1-7,10,17H,8-9H2,(H,18,20). The van der Waals surface area contributed by atoms with E-state index >= 15 is 0 Å². The van der Waals surface area contributed by atoms with Gasteiger partial charge in [-0.25, -0.2) is 0 Å². The van der Waals surface area contributed by atoms with Gasteiger partial charge in [-0.15, -0.1) is 0 Å². The fourth-order valence-corrected chi connectivity index (χ4v) is 2.43. The van der Waals surface area contributed by atoms with Gasteiger partial charge in [-0.3, -0.25) is 14.9 Å². The SMILES string of the molecule is O=C(NCCNc1ccccc1[N+](=O)[O-])c1cccc(I)c1. The lowest BCUT2D eigenvalue weighted by Crippen LogP contribution is -2.28. The summed E-state index contributed by atoms with van der Waals surface area (Å²) in [6.45, 7) is 0.775. The van der Waals surface area contributed by atoms with Crippen molar-refractivity contribution in [3.63, 3.8) is 0 Å². The second-order valence-electron chi connectivity index (χ2n) is 4.47. The Bertz CT molecular complexity index is 691. The lowest BCUT2D eigenvalue weighted by molar-refractivity contribution is -0.384. The van der Waals surface area contributed by atoms with Gasteiger partial charge >= 0.3 is 0 Å². The van der Waals surface area contributed by atoms with Crippen molar-refractivity contribution in [2.75, 3.05) is 18.4 Å². The van der Waals surface area contributed by atoms with Crippen LogP contribution < -0.4 is 10.6 Å². The Kier molecular flexibility index (Phi) is 5.70. The molecule has 0 heterocycles. The van der Waals surface area contributed by atoms with Crippen LogP contribution in [0.2, 0.25) is 0 Å².